The van der Waals surface area contributed by atoms with Crippen LogP contribution in [0.5, 0.6) is 0 Å². The van der Waals surface area contributed by atoms with E-state index in [1.807, 2.05) is 0 Å². The third-order valence-electron chi connectivity index (χ3n) is 9.53. The van der Waals surface area contributed by atoms with Gasteiger partial charge in [-0.2, -0.15) is 0 Å². The molecule has 0 aromatic carbocycles. The number of phosphoric acid groups is 1. The molecule has 0 aliphatic rings. The first kappa shape index (κ1) is 56.2. The van der Waals surface area contributed by atoms with Gasteiger partial charge in [0.05, 0.1) is 13.2 Å². The predicted molar refractivity (Wildman–Crippen MR) is 240 cm³/mol. The Morgan fingerprint density at radius 1 is 0.542 bits per heavy atom. The fourth-order valence-electron chi connectivity index (χ4n) is 5.97. The largest absolute Gasteiger partial charge is 0.480 e. The van der Waals surface area contributed by atoms with E-state index in [1.54, 1.807) is 0 Å². The van der Waals surface area contributed by atoms with Crippen molar-refractivity contribution in [2.45, 2.75) is 199 Å². The van der Waals surface area contributed by atoms with Gasteiger partial charge in [-0.3, -0.25) is 23.4 Å². The summed E-state index contributed by atoms with van der Waals surface area (Å²) in [5.74, 6) is -2.42. The molecule has 12 heteroatoms. The minimum atomic E-state index is -4.73. The zero-order valence-electron chi connectivity index (χ0n) is 36.8. The molecule has 0 aromatic heterocycles. The Balaban J connectivity index is 4.40. The average Bonchev–Trinajstić information content (AvgIpc) is 3.21. The van der Waals surface area contributed by atoms with Crippen LogP contribution in [0, 0.1) is 0 Å². The van der Waals surface area contributed by atoms with Crippen LogP contribution in [0.4, 0.5) is 0 Å². The van der Waals surface area contributed by atoms with Crippen LogP contribution in [0.25, 0.3) is 0 Å². The summed E-state index contributed by atoms with van der Waals surface area (Å²) in [4.78, 5) is 46.0. The molecule has 0 aromatic rings. The van der Waals surface area contributed by atoms with Gasteiger partial charge in [-0.25, -0.2) is 4.57 Å². The summed E-state index contributed by atoms with van der Waals surface area (Å²) in [5, 5.41) is 8.90. The monoisotopic (exact) mass is 852 g/mol. The molecule has 0 amide bonds. The van der Waals surface area contributed by atoms with Crippen molar-refractivity contribution in [1.29, 1.82) is 0 Å². The zero-order valence-corrected chi connectivity index (χ0v) is 37.7. The molecule has 340 valence electrons. The number of carboxylic acids is 1. The number of carbonyl (C=O) groups is 3. The van der Waals surface area contributed by atoms with E-state index in [2.05, 4.69) is 79.1 Å². The van der Waals surface area contributed by atoms with Gasteiger partial charge in [0.1, 0.15) is 12.6 Å². The van der Waals surface area contributed by atoms with Crippen LogP contribution < -0.4 is 5.73 Å². The summed E-state index contributed by atoms with van der Waals surface area (Å²) in [7, 11) is -4.73. The molecule has 0 spiro atoms. The normalized spacial score (nSPS) is 14.2. The maximum Gasteiger partial charge on any atom is 0.472 e. The molecule has 59 heavy (non-hydrogen) atoms. The van der Waals surface area contributed by atoms with Gasteiger partial charge in [0.15, 0.2) is 6.10 Å². The van der Waals surface area contributed by atoms with Crippen LogP contribution in [-0.4, -0.2) is 59.9 Å². The third kappa shape index (κ3) is 41.7. The van der Waals surface area contributed by atoms with Crippen molar-refractivity contribution >= 4 is 25.7 Å². The maximum atomic E-state index is 12.6. The van der Waals surface area contributed by atoms with Crippen molar-refractivity contribution in [2.24, 2.45) is 5.73 Å². The van der Waals surface area contributed by atoms with Crippen LogP contribution in [0.1, 0.15) is 187 Å². The number of aliphatic carboxylic acids is 1. The van der Waals surface area contributed by atoms with E-state index in [9.17, 15) is 23.8 Å². The lowest BCUT2D eigenvalue weighted by atomic mass is 10.0. The minimum Gasteiger partial charge on any atom is -0.480 e. The molecule has 0 bridgehead atoms. The molecule has 0 rings (SSSR count). The lowest BCUT2D eigenvalue weighted by Crippen LogP contribution is -2.34. The molecule has 11 nitrogen and oxygen atoms in total. The highest BCUT2D eigenvalue weighted by Gasteiger charge is 2.28. The standard InChI is InChI=1S/C47H82NO10P/c1-3-5-7-9-11-13-15-17-19-21-22-23-25-27-29-31-33-35-37-39-46(50)58-43(41-56-59(53,54)57-42-44(48)47(51)52)40-55-45(49)38-36-34-32-30-28-26-24-20-18-16-14-12-10-8-6-4-2/h5,7,11,13,17,19,22-23,27,29,43-44H,3-4,6,8-10,12,14-16,18,20-21,24-26,28,30-42,48H2,1-2H3,(H,51,52)(H,53,54)/b7-5+,13-11+,19-17+,23-22+,29-27+/t43-,44+/m1/s1. The number of carboxylic acid groups (broad SMARTS) is 1. The number of rotatable bonds is 42. The molecule has 1 unspecified atom stereocenters. The first-order valence-electron chi connectivity index (χ1n) is 22.8. The molecule has 0 heterocycles. The van der Waals surface area contributed by atoms with Gasteiger partial charge in [0, 0.05) is 12.8 Å². The Bertz CT molecular complexity index is 1230. The summed E-state index contributed by atoms with van der Waals surface area (Å²) >= 11 is 0. The van der Waals surface area contributed by atoms with Gasteiger partial charge < -0.3 is 25.2 Å². The van der Waals surface area contributed by atoms with Gasteiger partial charge in [-0.15, -0.1) is 0 Å². The third-order valence-corrected chi connectivity index (χ3v) is 10.5. The van der Waals surface area contributed by atoms with Crippen molar-refractivity contribution < 1.29 is 47.5 Å². The predicted octanol–water partition coefficient (Wildman–Crippen LogP) is 12.3. The Labute approximate surface area is 357 Å². The average molecular weight is 852 g/mol. The number of esters is 2. The number of unbranched alkanes of at least 4 members (excludes halogenated alkanes) is 18. The fourth-order valence-corrected chi connectivity index (χ4v) is 6.75. The molecular formula is C47H82NO10P. The van der Waals surface area contributed by atoms with Crippen molar-refractivity contribution in [2.75, 3.05) is 19.8 Å². The van der Waals surface area contributed by atoms with Crippen LogP contribution in [0.2, 0.25) is 0 Å². The van der Waals surface area contributed by atoms with Gasteiger partial charge in [-0.1, -0.05) is 177 Å². The molecule has 0 radical (unpaired) electrons. The van der Waals surface area contributed by atoms with Crippen molar-refractivity contribution in [3.05, 3.63) is 60.8 Å². The highest BCUT2D eigenvalue weighted by molar-refractivity contribution is 7.47. The number of hydrogen-bond donors (Lipinski definition) is 3. The van der Waals surface area contributed by atoms with E-state index in [1.165, 1.54) is 77.0 Å². The molecule has 0 saturated heterocycles. The summed E-state index contributed by atoms with van der Waals surface area (Å²) in [6, 6.07) is -1.53. The fraction of sp³-hybridized carbons (Fsp3) is 0.723. The second kappa shape index (κ2) is 41.9. The Morgan fingerprint density at radius 2 is 0.949 bits per heavy atom. The number of hydrogen-bond acceptors (Lipinski definition) is 9. The smallest absolute Gasteiger partial charge is 0.472 e. The topological polar surface area (TPSA) is 172 Å². The van der Waals surface area contributed by atoms with Gasteiger partial charge in [0.2, 0.25) is 0 Å². The van der Waals surface area contributed by atoms with E-state index in [0.717, 1.165) is 70.6 Å². The number of ether oxygens (including phenoxy) is 2. The summed E-state index contributed by atoms with van der Waals surface area (Å²) in [6.07, 6.45) is 48.5. The van der Waals surface area contributed by atoms with Gasteiger partial charge in [0.25, 0.3) is 0 Å². The Hall–Kier alpha value is -2.82. The Kier molecular flexibility index (Phi) is 39.9. The van der Waals surface area contributed by atoms with E-state index in [4.69, 9.17) is 24.8 Å². The molecular weight excluding hydrogens is 769 g/mol. The highest BCUT2D eigenvalue weighted by Crippen LogP contribution is 2.43. The number of phosphoric ester groups is 1. The molecule has 0 fully saturated rings. The zero-order chi connectivity index (χ0) is 43.5. The van der Waals surface area contributed by atoms with Crippen molar-refractivity contribution in [3.63, 3.8) is 0 Å². The first-order chi connectivity index (χ1) is 28.6. The number of allylic oxidation sites excluding steroid dienone is 10. The second-order valence-electron chi connectivity index (χ2n) is 15.2. The highest BCUT2D eigenvalue weighted by atomic mass is 31.2. The van der Waals surface area contributed by atoms with Crippen molar-refractivity contribution in [3.8, 4) is 0 Å². The van der Waals surface area contributed by atoms with Crippen molar-refractivity contribution in [1.82, 2.24) is 0 Å². The van der Waals surface area contributed by atoms with E-state index in [0.29, 0.717) is 12.8 Å². The molecule has 0 saturated carbocycles. The lowest BCUT2D eigenvalue weighted by molar-refractivity contribution is -0.161. The Morgan fingerprint density at radius 3 is 1.42 bits per heavy atom. The number of nitrogens with two attached hydrogens (primary N) is 1. The van der Waals surface area contributed by atoms with Crippen LogP contribution in [0.15, 0.2) is 60.8 Å². The summed E-state index contributed by atoms with van der Waals surface area (Å²) in [5.41, 5.74) is 5.34. The van der Waals surface area contributed by atoms with E-state index < -0.39 is 51.1 Å². The van der Waals surface area contributed by atoms with E-state index >= 15 is 0 Å². The van der Waals surface area contributed by atoms with E-state index in [-0.39, 0.29) is 19.4 Å². The SMILES string of the molecule is CC/C=C/C/C=C/C/C=C/C/C=C/C/C=C/CCCCCC(=O)O[C@H](COC(=O)CCCCCCCCCCCCCCCCCC)COP(=O)(O)OC[C@H](N)C(=O)O. The minimum absolute atomic E-state index is 0.121. The maximum absolute atomic E-state index is 12.6. The van der Waals surface area contributed by atoms with Crippen LogP contribution >= 0.6 is 7.82 Å². The second-order valence-corrected chi connectivity index (χ2v) is 16.6. The summed E-state index contributed by atoms with van der Waals surface area (Å²) in [6.45, 7) is 2.66. The molecule has 0 aliphatic heterocycles. The van der Waals surface area contributed by atoms with Crippen LogP contribution in [0.3, 0.4) is 0 Å². The molecule has 3 atom stereocenters. The molecule has 0 aliphatic carbocycles. The lowest BCUT2D eigenvalue weighted by Gasteiger charge is -2.20. The molecule has 4 N–H and O–H groups in total. The van der Waals surface area contributed by atoms with Gasteiger partial charge >= 0.3 is 25.7 Å². The van der Waals surface area contributed by atoms with Crippen LogP contribution in [-0.2, 0) is 37.5 Å². The summed E-state index contributed by atoms with van der Waals surface area (Å²) < 4.78 is 32.7. The number of carbonyl (C=O) groups excluding carboxylic acids is 2. The quantitative estimate of drug-likeness (QED) is 0.0231. The van der Waals surface area contributed by atoms with Gasteiger partial charge in [-0.05, 0) is 57.8 Å². The first-order valence-corrected chi connectivity index (χ1v) is 24.3.